The van der Waals surface area contributed by atoms with Gasteiger partial charge in [0.2, 0.25) is 0 Å². The summed E-state index contributed by atoms with van der Waals surface area (Å²) < 4.78 is 21.3. The molecule has 1 aromatic heterocycles. The first-order valence-electron chi connectivity index (χ1n) is 9.16. The number of carbonyl (C=O) groups is 1. The largest absolute Gasteiger partial charge is 0.494 e. The molecule has 0 fully saturated rings. The molecule has 0 N–H and O–H groups in total. The average Bonchev–Trinajstić information content (AvgIpc) is 2.71. The zero-order valence-corrected chi connectivity index (χ0v) is 15.9. The monoisotopic (exact) mass is 382 g/mol. The molecule has 0 aliphatic carbocycles. The van der Waals surface area contributed by atoms with Gasteiger partial charge in [-0.2, -0.15) is 0 Å². The number of rotatable bonds is 8. The Hall–Kier alpha value is -3.28. The van der Waals surface area contributed by atoms with Crippen molar-refractivity contribution in [2.24, 2.45) is 0 Å². The van der Waals surface area contributed by atoms with Crippen molar-refractivity contribution in [2.75, 3.05) is 13.2 Å². The van der Waals surface area contributed by atoms with Crippen LogP contribution in [-0.2, 0) is 22.6 Å². The molecule has 3 rings (SSSR count). The van der Waals surface area contributed by atoms with Gasteiger partial charge in [-0.05, 0) is 49.2 Å². The summed E-state index contributed by atoms with van der Waals surface area (Å²) in [7, 11) is 0. The average molecular weight is 382 g/mol. The molecule has 1 heterocycles. The number of carbonyl (C=O) groups excluding carboxylic acids is 1. The predicted molar refractivity (Wildman–Crippen MR) is 105 cm³/mol. The minimum Gasteiger partial charge on any atom is -0.494 e. The van der Waals surface area contributed by atoms with Crippen LogP contribution in [0.25, 0.3) is 11.0 Å². The van der Waals surface area contributed by atoms with E-state index < -0.39 is 11.6 Å². The molecular weight excluding hydrogens is 360 g/mol. The molecule has 6 nitrogen and oxygen atoms in total. The summed E-state index contributed by atoms with van der Waals surface area (Å²) in [4.78, 5) is 23.8. The lowest BCUT2D eigenvalue weighted by Gasteiger charge is -2.09. The number of esters is 1. The highest BCUT2D eigenvalue weighted by molar-refractivity contribution is 5.81. The van der Waals surface area contributed by atoms with Crippen molar-refractivity contribution >= 4 is 16.9 Å². The van der Waals surface area contributed by atoms with Crippen LogP contribution in [0.2, 0.25) is 0 Å². The van der Waals surface area contributed by atoms with Gasteiger partial charge in [-0.25, -0.2) is 9.59 Å². The molecular formula is C22H22O6. The Morgan fingerprint density at radius 3 is 2.36 bits per heavy atom. The van der Waals surface area contributed by atoms with Crippen molar-refractivity contribution in [3.05, 3.63) is 70.1 Å². The molecule has 0 bridgehead atoms. The van der Waals surface area contributed by atoms with Crippen LogP contribution in [0.3, 0.4) is 0 Å². The summed E-state index contributed by atoms with van der Waals surface area (Å²) in [5.41, 5.74) is 1.68. The van der Waals surface area contributed by atoms with E-state index in [9.17, 15) is 9.59 Å². The summed E-state index contributed by atoms with van der Waals surface area (Å²) >= 11 is 0. The highest BCUT2D eigenvalue weighted by atomic mass is 16.6. The Morgan fingerprint density at radius 1 is 0.964 bits per heavy atom. The third kappa shape index (κ3) is 4.91. The van der Waals surface area contributed by atoms with Gasteiger partial charge in [-0.3, -0.25) is 0 Å². The first-order chi connectivity index (χ1) is 13.6. The Kier molecular flexibility index (Phi) is 6.32. The van der Waals surface area contributed by atoms with E-state index in [-0.39, 0.29) is 13.2 Å². The van der Waals surface area contributed by atoms with Gasteiger partial charge in [-0.1, -0.05) is 19.1 Å². The Balaban J connectivity index is 1.60. The molecule has 2 aromatic carbocycles. The summed E-state index contributed by atoms with van der Waals surface area (Å²) in [6, 6.07) is 14.0. The highest BCUT2D eigenvalue weighted by Crippen LogP contribution is 2.20. The third-order valence-corrected chi connectivity index (χ3v) is 4.18. The molecule has 0 amide bonds. The van der Waals surface area contributed by atoms with E-state index in [0.717, 1.165) is 23.1 Å². The Labute approximate surface area is 162 Å². The van der Waals surface area contributed by atoms with Gasteiger partial charge in [0.1, 0.15) is 23.7 Å². The summed E-state index contributed by atoms with van der Waals surface area (Å²) in [6.07, 6.45) is 0.835. The second kappa shape index (κ2) is 9.08. The van der Waals surface area contributed by atoms with Gasteiger partial charge in [0.05, 0.1) is 6.61 Å². The first kappa shape index (κ1) is 19.5. The second-order valence-electron chi connectivity index (χ2n) is 6.13. The first-order valence-corrected chi connectivity index (χ1v) is 9.16. The molecule has 146 valence electrons. The normalized spacial score (nSPS) is 10.6. The van der Waals surface area contributed by atoms with Crippen LogP contribution in [-0.4, -0.2) is 19.2 Å². The van der Waals surface area contributed by atoms with Gasteiger partial charge < -0.3 is 18.6 Å². The standard InChI is InChI=1S/C22H22O6/c1-3-15-5-10-19-16(12-21(23)28-20(19)11-15)13-27-22(24)14-26-18-8-6-17(7-9-18)25-4-2/h5-12H,3-4,13-14H2,1-2H3. The molecule has 0 spiro atoms. The van der Waals surface area contributed by atoms with Gasteiger partial charge in [-0.15, -0.1) is 0 Å². The molecule has 0 saturated carbocycles. The molecule has 0 saturated heterocycles. The quantitative estimate of drug-likeness (QED) is 0.435. The van der Waals surface area contributed by atoms with Gasteiger partial charge in [0.25, 0.3) is 0 Å². The van der Waals surface area contributed by atoms with Crippen molar-refractivity contribution in [3.8, 4) is 11.5 Å². The fraction of sp³-hybridized carbons (Fsp3) is 0.273. The number of fused-ring (bicyclic) bond motifs is 1. The maximum Gasteiger partial charge on any atom is 0.344 e. The lowest BCUT2D eigenvalue weighted by atomic mass is 10.1. The van der Waals surface area contributed by atoms with Crippen molar-refractivity contribution in [3.63, 3.8) is 0 Å². The molecule has 0 unspecified atom stereocenters. The summed E-state index contributed by atoms with van der Waals surface area (Å²) in [5, 5.41) is 0.747. The molecule has 3 aromatic rings. The van der Waals surface area contributed by atoms with E-state index >= 15 is 0 Å². The van der Waals surface area contributed by atoms with E-state index in [1.165, 1.54) is 6.07 Å². The Morgan fingerprint density at radius 2 is 1.68 bits per heavy atom. The minimum atomic E-state index is -0.527. The number of hydrogen-bond acceptors (Lipinski definition) is 6. The molecule has 0 aliphatic rings. The summed E-state index contributed by atoms with van der Waals surface area (Å²) in [5.74, 6) is 0.747. The number of hydrogen-bond donors (Lipinski definition) is 0. The van der Waals surface area contributed by atoms with Crippen molar-refractivity contribution in [1.29, 1.82) is 0 Å². The van der Waals surface area contributed by atoms with Crippen LogP contribution in [0.1, 0.15) is 25.0 Å². The van der Waals surface area contributed by atoms with Crippen LogP contribution in [0, 0.1) is 0 Å². The van der Waals surface area contributed by atoms with Gasteiger partial charge in [0, 0.05) is 17.0 Å². The van der Waals surface area contributed by atoms with Crippen LogP contribution in [0.4, 0.5) is 0 Å². The van der Waals surface area contributed by atoms with E-state index in [0.29, 0.717) is 23.5 Å². The Bertz CT molecular complexity index is 1000. The van der Waals surface area contributed by atoms with Gasteiger partial charge in [0.15, 0.2) is 6.61 Å². The highest BCUT2D eigenvalue weighted by Gasteiger charge is 2.10. The fourth-order valence-electron chi connectivity index (χ4n) is 2.75. The minimum absolute atomic E-state index is 0.0287. The summed E-state index contributed by atoms with van der Waals surface area (Å²) in [6.45, 7) is 4.25. The smallest absolute Gasteiger partial charge is 0.344 e. The van der Waals surface area contributed by atoms with Crippen LogP contribution in [0.5, 0.6) is 11.5 Å². The van der Waals surface area contributed by atoms with E-state index in [2.05, 4.69) is 0 Å². The van der Waals surface area contributed by atoms with E-state index in [1.807, 2.05) is 32.0 Å². The maximum absolute atomic E-state index is 12.0. The van der Waals surface area contributed by atoms with Crippen LogP contribution < -0.4 is 15.1 Å². The predicted octanol–water partition coefficient (Wildman–Crippen LogP) is 3.88. The van der Waals surface area contributed by atoms with E-state index in [1.54, 1.807) is 24.3 Å². The zero-order chi connectivity index (χ0) is 19.9. The fourth-order valence-corrected chi connectivity index (χ4v) is 2.75. The number of aryl methyl sites for hydroxylation is 1. The van der Waals surface area contributed by atoms with Crippen molar-refractivity contribution in [2.45, 2.75) is 26.9 Å². The van der Waals surface area contributed by atoms with Crippen molar-refractivity contribution in [1.82, 2.24) is 0 Å². The topological polar surface area (TPSA) is 75.0 Å². The number of benzene rings is 2. The zero-order valence-electron chi connectivity index (χ0n) is 15.9. The van der Waals surface area contributed by atoms with Crippen LogP contribution in [0.15, 0.2) is 57.7 Å². The van der Waals surface area contributed by atoms with E-state index in [4.69, 9.17) is 18.6 Å². The SMILES string of the molecule is CCOc1ccc(OCC(=O)OCc2cc(=O)oc3cc(CC)ccc23)cc1. The lowest BCUT2D eigenvalue weighted by Crippen LogP contribution is -2.15. The van der Waals surface area contributed by atoms with Crippen molar-refractivity contribution < 1.29 is 23.4 Å². The third-order valence-electron chi connectivity index (χ3n) is 4.18. The molecule has 0 radical (unpaired) electrons. The van der Waals surface area contributed by atoms with Gasteiger partial charge >= 0.3 is 11.6 Å². The molecule has 6 heteroatoms. The molecule has 0 atom stereocenters. The number of ether oxygens (including phenoxy) is 3. The molecule has 0 aliphatic heterocycles. The maximum atomic E-state index is 12.0. The lowest BCUT2D eigenvalue weighted by molar-refractivity contribution is -0.147. The molecule has 28 heavy (non-hydrogen) atoms. The second-order valence-corrected chi connectivity index (χ2v) is 6.13. The van der Waals surface area contributed by atoms with Crippen LogP contribution >= 0.6 is 0 Å².